The van der Waals surface area contributed by atoms with Gasteiger partial charge in [-0.15, -0.1) is 0 Å². The first-order chi connectivity index (χ1) is 17.9. The van der Waals surface area contributed by atoms with Crippen molar-refractivity contribution in [1.82, 2.24) is 9.80 Å². The van der Waals surface area contributed by atoms with Gasteiger partial charge < -0.3 is 29.7 Å². The van der Waals surface area contributed by atoms with Crippen LogP contribution in [-0.2, 0) is 20.7 Å². The number of rotatable bonds is 7. The molecule has 4 rings (SSSR count). The molecule has 3 amide bonds. The van der Waals surface area contributed by atoms with Crippen molar-refractivity contribution in [1.29, 1.82) is 0 Å². The van der Waals surface area contributed by atoms with Gasteiger partial charge in [-0.2, -0.15) is 0 Å². The van der Waals surface area contributed by atoms with Crippen molar-refractivity contribution in [2.45, 2.75) is 38.2 Å². The van der Waals surface area contributed by atoms with E-state index >= 15 is 0 Å². The van der Waals surface area contributed by atoms with Crippen LogP contribution in [0.5, 0.6) is 5.75 Å². The van der Waals surface area contributed by atoms with Gasteiger partial charge in [0.05, 0.1) is 34.4 Å². The van der Waals surface area contributed by atoms with Crippen LogP contribution in [0.25, 0.3) is 0 Å². The summed E-state index contributed by atoms with van der Waals surface area (Å²) in [5, 5.41) is 11.4. The molecular formula is C26H31F2N3O6Si. The lowest BCUT2D eigenvalue weighted by atomic mass is 9.91. The molecule has 1 atom stereocenters. The van der Waals surface area contributed by atoms with Crippen LogP contribution in [0.2, 0.25) is 19.6 Å². The Morgan fingerprint density at radius 1 is 1.11 bits per heavy atom. The molecule has 2 heterocycles. The molecule has 38 heavy (non-hydrogen) atoms. The van der Waals surface area contributed by atoms with Gasteiger partial charge in [0.1, 0.15) is 30.0 Å². The third-order valence-electron chi connectivity index (χ3n) is 6.69. The summed E-state index contributed by atoms with van der Waals surface area (Å²) in [7, 11) is -0.772. The number of fused-ring (bicyclic) bond motifs is 1. The van der Waals surface area contributed by atoms with E-state index < -0.39 is 56.4 Å². The minimum atomic E-state index is -2.30. The number of carboxylic acids is 1. The molecule has 2 N–H and O–H groups in total. The van der Waals surface area contributed by atoms with E-state index in [1.165, 1.54) is 16.9 Å². The van der Waals surface area contributed by atoms with Gasteiger partial charge >= 0.3 is 12.0 Å². The number of aliphatic carboxylic acids is 1. The molecule has 0 bridgehead atoms. The van der Waals surface area contributed by atoms with Crippen molar-refractivity contribution < 1.29 is 37.7 Å². The maximum Gasteiger partial charge on any atom is 0.329 e. The zero-order valence-corrected chi connectivity index (χ0v) is 22.7. The maximum absolute atomic E-state index is 14.8. The van der Waals surface area contributed by atoms with Gasteiger partial charge in [-0.1, -0.05) is 25.7 Å². The number of nitrogens with zero attached hydrogens (tertiary/aromatic N) is 2. The van der Waals surface area contributed by atoms with Gasteiger partial charge in [-0.05, 0) is 41.8 Å². The van der Waals surface area contributed by atoms with E-state index in [1.54, 1.807) is 18.2 Å². The zero-order valence-electron chi connectivity index (χ0n) is 21.7. The molecule has 2 aromatic rings. The monoisotopic (exact) mass is 547 g/mol. The molecule has 2 aliphatic heterocycles. The number of halogens is 2. The molecule has 2 aliphatic rings. The van der Waals surface area contributed by atoms with Crippen LogP contribution in [0.15, 0.2) is 30.3 Å². The molecule has 0 aliphatic carbocycles. The van der Waals surface area contributed by atoms with E-state index in [0.29, 0.717) is 17.7 Å². The number of hydrogen-bond acceptors (Lipinski definition) is 5. The minimum absolute atomic E-state index is 0.0360. The average molecular weight is 548 g/mol. The lowest BCUT2D eigenvalue weighted by Crippen LogP contribution is -2.60. The molecule has 0 aromatic heterocycles. The Kier molecular flexibility index (Phi) is 7.74. The summed E-state index contributed by atoms with van der Waals surface area (Å²) >= 11 is 0. The number of hydrogen-bond donors (Lipinski definition) is 2. The van der Waals surface area contributed by atoms with Gasteiger partial charge in [-0.25, -0.2) is 18.4 Å². The first-order valence-electron chi connectivity index (χ1n) is 12.2. The first kappa shape index (κ1) is 27.5. The van der Waals surface area contributed by atoms with Crippen molar-refractivity contribution in [3.05, 3.63) is 53.1 Å². The highest BCUT2D eigenvalue weighted by Crippen LogP contribution is 2.35. The predicted octanol–water partition coefficient (Wildman–Crippen LogP) is 2.96. The minimum Gasteiger partial charge on any atom is -0.497 e. The third kappa shape index (κ3) is 5.65. The molecular weight excluding hydrogens is 516 g/mol. The lowest BCUT2D eigenvalue weighted by molar-refractivity contribution is -0.147. The number of amides is 3. The van der Waals surface area contributed by atoms with Crippen molar-refractivity contribution in [2.75, 3.05) is 38.7 Å². The molecule has 0 saturated carbocycles. The number of ether oxygens (including phenoxy) is 2. The number of benzene rings is 2. The Morgan fingerprint density at radius 3 is 2.34 bits per heavy atom. The Balaban J connectivity index is 1.59. The van der Waals surface area contributed by atoms with Gasteiger partial charge in [0.15, 0.2) is 0 Å². The number of carboxylic acid groups (broad SMARTS) is 1. The fraction of sp³-hybridized carbons (Fsp3) is 0.423. The molecule has 2 aromatic carbocycles. The summed E-state index contributed by atoms with van der Waals surface area (Å²) in [4.78, 5) is 40.6. The highest BCUT2D eigenvalue weighted by atomic mass is 28.3. The Hall–Kier alpha value is -3.51. The maximum atomic E-state index is 14.8. The fourth-order valence-corrected chi connectivity index (χ4v) is 6.44. The molecule has 0 radical (unpaired) electrons. The quantitative estimate of drug-likeness (QED) is 0.516. The SMILES string of the molecule is COc1ccc2c(c1)CCN(C(=O)N1CC(OCC(=O)O)C1)[C@H]2C(=O)Nc1cc(F)c([Si](C)(C)C)c(F)c1. The van der Waals surface area contributed by atoms with Crippen LogP contribution in [0.3, 0.4) is 0 Å². The van der Waals surface area contributed by atoms with Crippen LogP contribution >= 0.6 is 0 Å². The number of carbonyl (C=O) groups excluding carboxylic acids is 2. The smallest absolute Gasteiger partial charge is 0.329 e. The normalized spacial score (nSPS) is 17.5. The summed E-state index contributed by atoms with van der Waals surface area (Å²) in [6, 6.07) is 5.96. The van der Waals surface area contributed by atoms with Gasteiger partial charge in [0, 0.05) is 17.4 Å². The number of anilines is 1. The van der Waals surface area contributed by atoms with Crippen molar-refractivity contribution >= 4 is 36.9 Å². The second-order valence-corrected chi connectivity index (χ2v) is 15.5. The summed E-state index contributed by atoms with van der Waals surface area (Å²) in [6.07, 6.45) is 0.0720. The predicted molar refractivity (Wildman–Crippen MR) is 138 cm³/mol. The van der Waals surface area contributed by atoms with E-state index in [1.807, 2.05) is 19.6 Å². The largest absolute Gasteiger partial charge is 0.497 e. The highest BCUT2D eigenvalue weighted by Gasteiger charge is 2.42. The molecule has 1 fully saturated rings. The third-order valence-corrected chi connectivity index (χ3v) is 8.67. The van der Waals surface area contributed by atoms with Crippen LogP contribution < -0.4 is 15.2 Å². The molecule has 0 spiro atoms. The zero-order chi connectivity index (χ0) is 27.8. The summed E-state index contributed by atoms with van der Waals surface area (Å²) in [5.41, 5.74) is 1.37. The van der Waals surface area contributed by atoms with Crippen LogP contribution in [-0.4, -0.2) is 80.3 Å². The first-order valence-corrected chi connectivity index (χ1v) is 15.7. The number of nitrogens with one attached hydrogen (secondary N) is 1. The average Bonchev–Trinajstić information content (AvgIpc) is 2.80. The molecule has 0 unspecified atom stereocenters. The number of urea groups is 1. The number of likely N-dealkylation sites (tertiary alicyclic amines) is 1. The van der Waals surface area contributed by atoms with E-state index in [0.717, 1.165) is 17.7 Å². The standard InChI is InChI=1S/C26H31F2N3O6Si/c1-36-17-5-6-19-15(9-17)7-8-31(26(35)30-12-18(13-30)37-14-22(32)33)23(19)25(34)29-16-10-20(27)24(21(28)11-16)38(2,3)4/h5-6,9-11,18,23H,7-8,12-14H2,1-4H3,(H,29,34)(H,32,33)/t23-/m1/s1. The topological polar surface area (TPSA) is 108 Å². The Morgan fingerprint density at radius 2 is 1.76 bits per heavy atom. The van der Waals surface area contributed by atoms with Gasteiger partial charge in [0.25, 0.3) is 5.91 Å². The lowest BCUT2D eigenvalue weighted by Gasteiger charge is -2.44. The highest BCUT2D eigenvalue weighted by molar-refractivity contribution is 6.88. The van der Waals surface area contributed by atoms with Crippen LogP contribution in [0.1, 0.15) is 17.2 Å². The van der Waals surface area contributed by atoms with Crippen molar-refractivity contribution in [3.63, 3.8) is 0 Å². The van der Waals surface area contributed by atoms with E-state index in [9.17, 15) is 23.2 Å². The van der Waals surface area contributed by atoms with Crippen molar-refractivity contribution in [2.24, 2.45) is 0 Å². The van der Waals surface area contributed by atoms with Crippen molar-refractivity contribution in [3.8, 4) is 5.75 Å². The Bertz CT molecular complexity index is 1240. The summed E-state index contributed by atoms with van der Waals surface area (Å²) in [6.45, 7) is 5.65. The molecule has 204 valence electrons. The van der Waals surface area contributed by atoms with E-state index in [2.05, 4.69) is 5.32 Å². The molecule has 1 saturated heterocycles. The fourth-order valence-electron chi connectivity index (χ4n) is 4.86. The second kappa shape index (κ2) is 10.7. The summed E-state index contributed by atoms with van der Waals surface area (Å²) in [5.74, 6) is -2.53. The number of methoxy groups -OCH3 is 1. The summed E-state index contributed by atoms with van der Waals surface area (Å²) < 4.78 is 40.2. The molecule has 9 nitrogen and oxygen atoms in total. The molecule has 12 heteroatoms. The second-order valence-electron chi connectivity index (χ2n) is 10.5. The van der Waals surface area contributed by atoms with Gasteiger partial charge in [-0.3, -0.25) is 4.79 Å². The van der Waals surface area contributed by atoms with Crippen LogP contribution in [0.4, 0.5) is 19.3 Å². The van der Waals surface area contributed by atoms with E-state index in [4.69, 9.17) is 14.6 Å². The van der Waals surface area contributed by atoms with Gasteiger partial charge in [0.2, 0.25) is 0 Å². The van der Waals surface area contributed by atoms with E-state index in [-0.39, 0.29) is 30.5 Å². The Labute approximate surface area is 220 Å². The number of carbonyl (C=O) groups is 3. The van der Waals surface area contributed by atoms with Crippen LogP contribution in [0, 0.1) is 11.6 Å².